The van der Waals surface area contributed by atoms with Crippen molar-refractivity contribution in [3.05, 3.63) is 35.9 Å². The van der Waals surface area contributed by atoms with Crippen LogP contribution < -0.4 is 16.4 Å². The number of guanidine groups is 1. The Hall–Kier alpha value is -1.35. The molecular weight excluding hydrogens is 501 g/mol. The van der Waals surface area contributed by atoms with Crippen LogP contribution in [0.5, 0.6) is 0 Å². The average molecular weight is 542 g/mol. The fourth-order valence-corrected chi connectivity index (χ4v) is 4.61. The Labute approximate surface area is 204 Å². The maximum Gasteiger partial charge on any atom is 0.220 e. The molecule has 6 nitrogen and oxygen atoms in total. The Kier molecular flexibility index (Phi) is 11.1. The smallest absolute Gasteiger partial charge is 0.220 e. The molecule has 1 aromatic rings. The van der Waals surface area contributed by atoms with E-state index < -0.39 is 0 Å². The molecule has 1 aromatic carbocycles. The van der Waals surface area contributed by atoms with Gasteiger partial charge in [0.1, 0.15) is 0 Å². The summed E-state index contributed by atoms with van der Waals surface area (Å²) in [7, 11) is 0. The number of aliphatic imine (C=N–C) groups is 1. The zero-order chi connectivity index (χ0) is 21.2. The normalized spacial score (nSPS) is 19.2. The fourth-order valence-electron chi connectivity index (χ4n) is 4.61. The predicted molar refractivity (Wildman–Crippen MR) is 139 cm³/mol. The number of nitrogens with two attached hydrogens (primary N) is 1. The van der Waals surface area contributed by atoms with E-state index in [-0.39, 0.29) is 41.2 Å². The van der Waals surface area contributed by atoms with Gasteiger partial charge in [0.15, 0.2) is 5.96 Å². The standard InChI is InChI=1S/C24H39N5O.HI/c1-2-26-23(28-19-24(13-8-14-24)21-9-4-3-5-10-21)27-15-6-7-16-29-17-11-20(12-18-29)22(25)30;/h3-5,9-10,20H,2,6-8,11-19H2,1H3,(H2,25,30)(H2,26,27,28);1H. The van der Waals surface area contributed by atoms with Crippen molar-refractivity contribution in [2.75, 3.05) is 39.3 Å². The zero-order valence-electron chi connectivity index (χ0n) is 18.9. The first kappa shape index (κ1) is 25.9. The number of nitrogens with zero attached hydrogens (tertiary/aromatic N) is 2. The second-order valence-corrected chi connectivity index (χ2v) is 8.85. The van der Waals surface area contributed by atoms with Gasteiger partial charge in [0.25, 0.3) is 0 Å². The Morgan fingerprint density at radius 1 is 1.16 bits per heavy atom. The molecule has 1 aliphatic carbocycles. The molecule has 1 amide bonds. The minimum absolute atomic E-state index is 0. The van der Waals surface area contributed by atoms with Gasteiger partial charge in [-0.15, -0.1) is 24.0 Å². The van der Waals surface area contributed by atoms with E-state index in [1.807, 2.05) is 0 Å². The molecule has 2 fully saturated rings. The van der Waals surface area contributed by atoms with E-state index in [2.05, 4.69) is 52.8 Å². The van der Waals surface area contributed by atoms with Gasteiger partial charge in [-0.1, -0.05) is 36.8 Å². The summed E-state index contributed by atoms with van der Waals surface area (Å²) in [5, 5.41) is 6.91. The van der Waals surface area contributed by atoms with E-state index in [1.165, 1.54) is 24.8 Å². The van der Waals surface area contributed by atoms with Crippen LogP contribution in [0.25, 0.3) is 0 Å². The van der Waals surface area contributed by atoms with Crippen molar-refractivity contribution in [1.29, 1.82) is 0 Å². The van der Waals surface area contributed by atoms with Crippen molar-refractivity contribution < 1.29 is 4.79 Å². The third-order valence-electron chi connectivity index (χ3n) is 6.76. The lowest BCUT2D eigenvalue weighted by Crippen LogP contribution is -2.42. The van der Waals surface area contributed by atoms with Crippen LogP contribution in [-0.2, 0) is 10.2 Å². The molecule has 1 saturated heterocycles. The zero-order valence-corrected chi connectivity index (χ0v) is 21.3. The second-order valence-electron chi connectivity index (χ2n) is 8.85. The maximum atomic E-state index is 11.3. The third-order valence-corrected chi connectivity index (χ3v) is 6.76. The van der Waals surface area contributed by atoms with Gasteiger partial charge < -0.3 is 21.3 Å². The van der Waals surface area contributed by atoms with E-state index in [0.717, 1.165) is 70.9 Å². The van der Waals surface area contributed by atoms with Crippen molar-refractivity contribution in [2.45, 2.75) is 57.3 Å². The lowest BCUT2D eigenvalue weighted by atomic mass is 9.64. The molecule has 7 heteroatoms. The highest BCUT2D eigenvalue weighted by molar-refractivity contribution is 14.0. The topological polar surface area (TPSA) is 82.8 Å². The highest BCUT2D eigenvalue weighted by Crippen LogP contribution is 2.43. The van der Waals surface area contributed by atoms with Gasteiger partial charge in [-0.2, -0.15) is 0 Å². The lowest BCUT2D eigenvalue weighted by molar-refractivity contribution is -0.123. The molecule has 2 aliphatic rings. The number of benzene rings is 1. The molecule has 4 N–H and O–H groups in total. The number of hydrogen-bond acceptors (Lipinski definition) is 3. The molecule has 0 radical (unpaired) electrons. The number of piperidine rings is 1. The minimum atomic E-state index is -0.134. The van der Waals surface area contributed by atoms with Gasteiger partial charge in [0.2, 0.25) is 5.91 Å². The number of nitrogens with one attached hydrogen (secondary N) is 2. The Morgan fingerprint density at radius 3 is 2.45 bits per heavy atom. The van der Waals surface area contributed by atoms with Crippen LogP contribution in [0.1, 0.15) is 57.4 Å². The molecule has 0 spiro atoms. The van der Waals surface area contributed by atoms with Gasteiger partial charge in [0, 0.05) is 24.4 Å². The molecule has 31 heavy (non-hydrogen) atoms. The molecule has 3 rings (SSSR count). The molecule has 0 bridgehead atoms. The largest absolute Gasteiger partial charge is 0.369 e. The number of likely N-dealkylation sites (tertiary alicyclic amines) is 1. The Morgan fingerprint density at radius 2 is 1.87 bits per heavy atom. The number of halogens is 1. The number of hydrogen-bond donors (Lipinski definition) is 3. The number of rotatable bonds is 10. The number of unbranched alkanes of at least 4 members (excludes halogenated alkanes) is 1. The van der Waals surface area contributed by atoms with Gasteiger partial charge in [-0.3, -0.25) is 9.79 Å². The highest BCUT2D eigenvalue weighted by Gasteiger charge is 2.38. The second kappa shape index (κ2) is 13.3. The Bertz CT molecular complexity index is 684. The van der Waals surface area contributed by atoms with Crippen LogP contribution in [0.15, 0.2) is 35.3 Å². The number of primary amides is 1. The van der Waals surface area contributed by atoms with E-state index in [0.29, 0.717) is 0 Å². The van der Waals surface area contributed by atoms with E-state index >= 15 is 0 Å². The van der Waals surface area contributed by atoms with Crippen LogP contribution in [0.2, 0.25) is 0 Å². The summed E-state index contributed by atoms with van der Waals surface area (Å²) in [6.45, 7) is 7.85. The molecule has 0 atom stereocenters. The number of amides is 1. The first-order valence-electron chi connectivity index (χ1n) is 11.7. The van der Waals surface area contributed by atoms with Crippen LogP contribution in [0, 0.1) is 5.92 Å². The lowest BCUT2D eigenvalue weighted by Gasteiger charge is -2.41. The molecule has 1 aliphatic heterocycles. The summed E-state index contributed by atoms with van der Waals surface area (Å²) < 4.78 is 0. The van der Waals surface area contributed by atoms with Crippen LogP contribution >= 0.6 is 24.0 Å². The van der Waals surface area contributed by atoms with Gasteiger partial charge in [-0.05, 0) is 70.6 Å². The van der Waals surface area contributed by atoms with Gasteiger partial charge in [-0.25, -0.2) is 0 Å². The van der Waals surface area contributed by atoms with Gasteiger partial charge in [0.05, 0.1) is 6.54 Å². The first-order valence-corrected chi connectivity index (χ1v) is 11.7. The highest BCUT2D eigenvalue weighted by atomic mass is 127. The third kappa shape index (κ3) is 7.63. The fraction of sp³-hybridized carbons (Fsp3) is 0.667. The predicted octanol–water partition coefficient (Wildman–Crippen LogP) is 3.26. The molecule has 1 heterocycles. The Balaban J connectivity index is 0.00000341. The van der Waals surface area contributed by atoms with E-state index in [4.69, 9.17) is 10.7 Å². The molecule has 174 valence electrons. The van der Waals surface area contributed by atoms with Crippen molar-refractivity contribution in [3.8, 4) is 0 Å². The van der Waals surface area contributed by atoms with Crippen LogP contribution in [0.3, 0.4) is 0 Å². The summed E-state index contributed by atoms with van der Waals surface area (Å²) in [5.74, 6) is 0.878. The summed E-state index contributed by atoms with van der Waals surface area (Å²) in [6.07, 6.45) is 7.84. The summed E-state index contributed by atoms with van der Waals surface area (Å²) in [4.78, 5) is 18.7. The van der Waals surface area contributed by atoms with Crippen molar-refractivity contribution >= 4 is 35.8 Å². The van der Waals surface area contributed by atoms with Crippen molar-refractivity contribution in [2.24, 2.45) is 16.6 Å². The molecule has 1 saturated carbocycles. The summed E-state index contributed by atoms with van der Waals surface area (Å²) in [5.41, 5.74) is 7.07. The monoisotopic (exact) mass is 541 g/mol. The summed E-state index contributed by atoms with van der Waals surface area (Å²) in [6, 6.07) is 10.9. The average Bonchev–Trinajstić information content (AvgIpc) is 2.73. The maximum absolute atomic E-state index is 11.3. The summed E-state index contributed by atoms with van der Waals surface area (Å²) >= 11 is 0. The van der Waals surface area contributed by atoms with Crippen molar-refractivity contribution in [1.82, 2.24) is 15.5 Å². The van der Waals surface area contributed by atoms with Gasteiger partial charge >= 0.3 is 0 Å². The quantitative estimate of drug-likeness (QED) is 0.184. The SMILES string of the molecule is CCNC(=NCC1(c2ccccc2)CCC1)NCCCCN1CCC(C(N)=O)CC1.I. The molecular formula is C24H40IN5O. The number of carbonyl (C=O) groups excluding carboxylic acids is 1. The van der Waals surface area contributed by atoms with Crippen molar-refractivity contribution in [3.63, 3.8) is 0 Å². The minimum Gasteiger partial charge on any atom is -0.369 e. The van der Waals surface area contributed by atoms with E-state index in [9.17, 15) is 4.79 Å². The molecule has 0 aromatic heterocycles. The van der Waals surface area contributed by atoms with Crippen LogP contribution in [0.4, 0.5) is 0 Å². The molecule has 0 unspecified atom stereocenters. The van der Waals surface area contributed by atoms with Crippen LogP contribution in [-0.4, -0.2) is 56.0 Å². The van der Waals surface area contributed by atoms with E-state index in [1.54, 1.807) is 0 Å². The number of carbonyl (C=O) groups is 1. The first-order chi connectivity index (χ1) is 14.6.